The number of nitrogens with zero attached hydrogens (tertiary/aromatic N) is 4. The van der Waals surface area contributed by atoms with Crippen LogP contribution in [0.5, 0.6) is 5.75 Å². The molecule has 2 fully saturated rings. The largest absolute Gasteiger partial charge is 0.493 e. The highest BCUT2D eigenvalue weighted by atomic mass is 32.2. The molecule has 2 saturated heterocycles. The van der Waals surface area contributed by atoms with Gasteiger partial charge in [0.2, 0.25) is 0 Å². The van der Waals surface area contributed by atoms with Crippen LogP contribution in [0.2, 0.25) is 0 Å². The number of hydrogen-bond acceptors (Lipinski definition) is 6. The van der Waals surface area contributed by atoms with Gasteiger partial charge in [0.15, 0.2) is 0 Å². The van der Waals surface area contributed by atoms with Crippen LogP contribution in [0.3, 0.4) is 0 Å². The Morgan fingerprint density at radius 3 is 3.00 bits per heavy atom. The van der Waals surface area contributed by atoms with Gasteiger partial charge in [0, 0.05) is 50.6 Å². The zero-order valence-corrected chi connectivity index (χ0v) is 17.5. The van der Waals surface area contributed by atoms with Crippen LogP contribution in [0.1, 0.15) is 18.4 Å². The second-order valence-corrected chi connectivity index (χ2v) is 10.1. The third kappa shape index (κ3) is 2.74. The average molecular weight is 425 g/mol. The number of aromatic nitrogens is 2. The van der Waals surface area contributed by atoms with E-state index in [4.69, 9.17) is 4.74 Å². The van der Waals surface area contributed by atoms with Crippen LogP contribution in [0.15, 0.2) is 47.6 Å². The van der Waals surface area contributed by atoms with Gasteiger partial charge in [0.25, 0.3) is 10.0 Å². The monoisotopic (exact) mass is 424 g/mol. The van der Waals surface area contributed by atoms with Crippen LogP contribution < -0.4 is 9.64 Å². The molecule has 0 radical (unpaired) electrons. The first kappa shape index (κ1) is 18.2. The Kier molecular flexibility index (Phi) is 4.08. The van der Waals surface area contributed by atoms with E-state index < -0.39 is 10.0 Å². The maximum atomic E-state index is 13.6. The summed E-state index contributed by atoms with van der Waals surface area (Å²) in [6, 6.07) is 9.36. The van der Waals surface area contributed by atoms with E-state index in [1.807, 2.05) is 12.1 Å². The Balaban J connectivity index is 1.44. The maximum Gasteiger partial charge on any atom is 0.268 e. The zero-order chi connectivity index (χ0) is 20.3. The molecular formula is C22H24N4O3S. The lowest BCUT2D eigenvalue weighted by molar-refractivity contribution is 0.231. The second kappa shape index (κ2) is 6.72. The molecule has 1 unspecified atom stereocenters. The average Bonchev–Trinajstić information content (AvgIpc) is 3.50. The molecule has 3 aliphatic rings. The van der Waals surface area contributed by atoms with Gasteiger partial charge in [0.05, 0.1) is 22.7 Å². The van der Waals surface area contributed by atoms with Gasteiger partial charge in [-0.3, -0.25) is 9.88 Å². The Hall–Kier alpha value is -2.58. The molecule has 2 aromatic heterocycles. The minimum absolute atomic E-state index is 0.246. The summed E-state index contributed by atoms with van der Waals surface area (Å²) in [5.41, 5.74) is 3.31. The van der Waals surface area contributed by atoms with Crippen molar-refractivity contribution in [3.05, 3.63) is 48.3 Å². The number of anilines is 1. The molecule has 7 nitrogen and oxygen atoms in total. The molecule has 3 aliphatic heterocycles. The highest BCUT2D eigenvalue weighted by Crippen LogP contribution is 2.35. The van der Waals surface area contributed by atoms with Crippen LogP contribution in [0, 0.1) is 0 Å². The molecule has 5 heterocycles. The summed E-state index contributed by atoms with van der Waals surface area (Å²) in [6.07, 6.45) is 6.76. The molecule has 156 valence electrons. The maximum absolute atomic E-state index is 13.6. The molecule has 0 amide bonds. The van der Waals surface area contributed by atoms with E-state index >= 15 is 0 Å². The lowest BCUT2D eigenvalue weighted by atomic mass is 10.1. The fraction of sp³-hybridized carbons (Fsp3) is 0.409. The van der Waals surface area contributed by atoms with Crippen molar-refractivity contribution in [3.63, 3.8) is 0 Å². The van der Waals surface area contributed by atoms with Gasteiger partial charge in [-0.2, -0.15) is 0 Å². The van der Waals surface area contributed by atoms with Gasteiger partial charge in [-0.25, -0.2) is 12.4 Å². The second-order valence-electron chi connectivity index (χ2n) is 8.33. The predicted octanol–water partition coefficient (Wildman–Crippen LogP) is 2.49. The molecule has 0 aliphatic carbocycles. The molecule has 0 N–H and O–H groups in total. The van der Waals surface area contributed by atoms with Crippen molar-refractivity contribution in [2.75, 3.05) is 37.7 Å². The van der Waals surface area contributed by atoms with Crippen molar-refractivity contribution in [2.45, 2.75) is 30.2 Å². The van der Waals surface area contributed by atoms with Crippen molar-refractivity contribution in [1.82, 2.24) is 13.9 Å². The SMILES string of the molecule is O=S(=O)(c1ccc2c(c1)OCC2)n1cc(N2CCN3CCCC3C2)c2ncccc21. The number of pyridine rings is 1. The van der Waals surface area contributed by atoms with E-state index in [9.17, 15) is 8.42 Å². The Bertz CT molecular complexity index is 1240. The first-order valence-electron chi connectivity index (χ1n) is 10.6. The third-order valence-electron chi connectivity index (χ3n) is 6.66. The van der Waals surface area contributed by atoms with Gasteiger partial charge in [-0.15, -0.1) is 0 Å². The van der Waals surface area contributed by atoms with Crippen molar-refractivity contribution in [1.29, 1.82) is 0 Å². The molecule has 3 aromatic rings. The fourth-order valence-corrected chi connectivity index (χ4v) is 6.44. The van der Waals surface area contributed by atoms with Crippen LogP contribution in [-0.2, 0) is 16.4 Å². The van der Waals surface area contributed by atoms with E-state index in [1.165, 1.54) is 23.4 Å². The number of rotatable bonds is 3. The minimum Gasteiger partial charge on any atom is -0.493 e. The molecular weight excluding hydrogens is 400 g/mol. The van der Waals surface area contributed by atoms with E-state index in [-0.39, 0.29) is 4.90 Å². The Morgan fingerprint density at radius 2 is 2.07 bits per heavy atom. The molecule has 6 rings (SSSR count). The molecule has 1 atom stereocenters. The standard InChI is InChI=1S/C22H24N4O3S/c27-30(28,18-6-5-16-7-12-29-21(16)13-18)26-15-20(22-19(26)4-1-8-23-22)25-11-10-24-9-2-3-17(24)14-25/h1,4-6,8,13,15,17H,2-3,7,9-12,14H2. The van der Waals surface area contributed by atoms with Crippen molar-refractivity contribution >= 4 is 26.7 Å². The van der Waals surface area contributed by atoms with Crippen LogP contribution in [0.4, 0.5) is 5.69 Å². The topological polar surface area (TPSA) is 67.7 Å². The van der Waals surface area contributed by atoms with Crippen LogP contribution >= 0.6 is 0 Å². The molecule has 0 bridgehead atoms. The van der Waals surface area contributed by atoms with Crippen molar-refractivity contribution in [2.24, 2.45) is 0 Å². The van der Waals surface area contributed by atoms with E-state index in [0.717, 1.165) is 42.8 Å². The summed E-state index contributed by atoms with van der Waals surface area (Å²) in [4.78, 5) is 9.66. The van der Waals surface area contributed by atoms with Crippen LogP contribution in [-0.4, -0.2) is 61.1 Å². The first-order valence-corrected chi connectivity index (χ1v) is 12.0. The first-order chi connectivity index (χ1) is 14.6. The number of hydrogen-bond donors (Lipinski definition) is 0. The molecule has 8 heteroatoms. The summed E-state index contributed by atoms with van der Waals surface area (Å²) >= 11 is 0. The molecule has 0 saturated carbocycles. The van der Waals surface area contributed by atoms with Gasteiger partial charge in [0.1, 0.15) is 11.3 Å². The highest BCUT2D eigenvalue weighted by Gasteiger charge is 2.33. The van der Waals surface area contributed by atoms with Gasteiger partial charge >= 0.3 is 0 Å². The summed E-state index contributed by atoms with van der Waals surface area (Å²) in [5.74, 6) is 0.670. The molecule has 1 aromatic carbocycles. The lowest BCUT2D eigenvalue weighted by Crippen LogP contribution is -2.50. The lowest BCUT2D eigenvalue weighted by Gasteiger charge is -2.38. The zero-order valence-electron chi connectivity index (χ0n) is 16.7. The highest BCUT2D eigenvalue weighted by molar-refractivity contribution is 7.90. The van der Waals surface area contributed by atoms with Crippen molar-refractivity contribution in [3.8, 4) is 5.75 Å². The predicted molar refractivity (Wildman–Crippen MR) is 115 cm³/mol. The number of fused-ring (bicyclic) bond motifs is 3. The van der Waals surface area contributed by atoms with Crippen molar-refractivity contribution < 1.29 is 13.2 Å². The normalized spacial score (nSPS) is 21.6. The molecule has 30 heavy (non-hydrogen) atoms. The number of piperazine rings is 1. The number of benzene rings is 1. The smallest absolute Gasteiger partial charge is 0.268 e. The summed E-state index contributed by atoms with van der Waals surface area (Å²) in [7, 11) is -3.76. The van der Waals surface area contributed by atoms with Gasteiger partial charge < -0.3 is 9.64 Å². The summed E-state index contributed by atoms with van der Waals surface area (Å²) < 4.78 is 34.1. The van der Waals surface area contributed by atoms with E-state index in [1.54, 1.807) is 30.6 Å². The van der Waals surface area contributed by atoms with Crippen LogP contribution in [0.25, 0.3) is 11.0 Å². The number of ether oxygens (including phenoxy) is 1. The van der Waals surface area contributed by atoms with Gasteiger partial charge in [-0.05, 0) is 43.1 Å². The third-order valence-corrected chi connectivity index (χ3v) is 8.33. The van der Waals surface area contributed by atoms with E-state index in [2.05, 4.69) is 14.8 Å². The Morgan fingerprint density at radius 1 is 1.13 bits per heavy atom. The quantitative estimate of drug-likeness (QED) is 0.644. The Labute approximate surface area is 175 Å². The summed E-state index contributed by atoms with van der Waals surface area (Å²) in [5, 5.41) is 0. The van der Waals surface area contributed by atoms with E-state index in [0.29, 0.717) is 23.9 Å². The fourth-order valence-electron chi connectivity index (χ4n) is 5.07. The summed E-state index contributed by atoms with van der Waals surface area (Å²) in [6.45, 7) is 4.60. The minimum atomic E-state index is -3.76. The van der Waals surface area contributed by atoms with Gasteiger partial charge in [-0.1, -0.05) is 6.07 Å². The molecule has 0 spiro atoms.